The number of halogens is 3. The fourth-order valence-corrected chi connectivity index (χ4v) is 0.550. The van der Waals surface area contributed by atoms with Crippen molar-refractivity contribution in [3.05, 3.63) is 5.82 Å². The number of anilines is 1. The maximum Gasteiger partial charge on any atom is 0.455 e. The molecule has 0 spiro atoms. The zero-order valence-electron chi connectivity index (χ0n) is 6.83. The van der Waals surface area contributed by atoms with Gasteiger partial charge in [-0.1, -0.05) is 0 Å². The smallest absolute Gasteiger partial charge is 0.292 e. The molecule has 0 radical (unpaired) electrons. The minimum atomic E-state index is -4.69. The first-order valence-corrected chi connectivity index (χ1v) is 3.32. The Balaban J connectivity index is 2.84. The minimum Gasteiger partial charge on any atom is -0.292 e. The maximum absolute atomic E-state index is 11.9. The van der Waals surface area contributed by atoms with Crippen molar-refractivity contribution in [3.63, 3.8) is 0 Å². The van der Waals surface area contributed by atoms with Crippen molar-refractivity contribution in [2.75, 3.05) is 5.32 Å². The molecule has 0 aliphatic carbocycles. The summed E-state index contributed by atoms with van der Waals surface area (Å²) in [5.74, 6) is -2.34. The zero-order chi connectivity index (χ0) is 10.8. The highest BCUT2D eigenvalue weighted by Crippen LogP contribution is 2.24. The van der Waals surface area contributed by atoms with Crippen LogP contribution in [-0.4, -0.2) is 26.3 Å². The second-order valence-electron chi connectivity index (χ2n) is 2.23. The van der Waals surface area contributed by atoms with E-state index in [1.807, 2.05) is 5.32 Å². The number of carbonyl (C=O) groups is 1. The van der Waals surface area contributed by atoms with Crippen molar-refractivity contribution >= 4 is 11.9 Å². The van der Waals surface area contributed by atoms with Crippen molar-refractivity contribution < 1.29 is 18.0 Å². The molecule has 1 aromatic heterocycles. The third-order valence-corrected chi connectivity index (χ3v) is 1.02. The summed E-state index contributed by atoms with van der Waals surface area (Å²) in [7, 11) is 0. The lowest BCUT2D eigenvalue weighted by Crippen LogP contribution is -2.17. The number of rotatable bonds is 1. The highest BCUT2D eigenvalue weighted by molar-refractivity contribution is 5.86. The van der Waals surface area contributed by atoms with Crippen LogP contribution in [0.2, 0.25) is 0 Å². The van der Waals surface area contributed by atoms with Gasteiger partial charge in [0.15, 0.2) is 0 Å². The Morgan fingerprint density at radius 3 is 2.07 bits per heavy atom. The SMILES string of the molecule is CC(=O)Nc1nnc(C(F)(F)F)nn1. The van der Waals surface area contributed by atoms with Crippen LogP contribution in [0.1, 0.15) is 12.7 Å². The van der Waals surface area contributed by atoms with Crippen LogP contribution >= 0.6 is 0 Å². The highest BCUT2D eigenvalue weighted by atomic mass is 19.4. The average Bonchev–Trinajstić information content (AvgIpc) is 2.02. The summed E-state index contributed by atoms with van der Waals surface area (Å²) in [5, 5.41) is 13.5. The molecule has 1 amide bonds. The second-order valence-corrected chi connectivity index (χ2v) is 2.23. The van der Waals surface area contributed by atoms with Crippen molar-refractivity contribution in [3.8, 4) is 0 Å². The fraction of sp³-hybridized carbons (Fsp3) is 0.400. The van der Waals surface area contributed by atoms with Crippen LogP contribution in [0.3, 0.4) is 0 Å². The molecule has 1 N–H and O–H groups in total. The maximum atomic E-state index is 11.9. The molecule has 0 saturated heterocycles. The van der Waals surface area contributed by atoms with E-state index in [1.165, 1.54) is 0 Å². The Morgan fingerprint density at radius 2 is 1.71 bits per heavy atom. The van der Waals surface area contributed by atoms with Crippen LogP contribution in [0, 0.1) is 0 Å². The van der Waals surface area contributed by atoms with Gasteiger partial charge in [-0.3, -0.25) is 10.1 Å². The van der Waals surface area contributed by atoms with Crippen LogP contribution in [0.25, 0.3) is 0 Å². The molecule has 0 bridgehead atoms. The van der Waals surface area contributed by atoms with Gasteiger partial charge in [0.25, 0.3) is 11.8 Å². The third-order valence-electron chi connectivity index (χ3n) is 1.02. The van der Waals surface area contributed by atoms with Crippen LogP contribution in [0.5, 0.6) is 0 Å². The Morgan fingerprint density at radius 1 is 1.21 bits per heavy atom. The summed E-state index contributed by atoms with van der Waals surface area (Å²) < 4.78 is 35.7. The summed E-state index contributed by atoms with van der Waals surface area (Å²) in [6.07, 6.45) is -4.69. The van der Waals surface area contributed by atoms with E-state index in [1.54, 1.807) is 0 Å². The number of hydrogen-bond acceptors (Lipinski definition) is 5. The quantitative estimate of drug-likeness (QED) is 0.713. The van der Waals surface area contributed by atoms with E-state index in [0.717, 1.165) is 6.92 Å². The summed E-state index contributed by atoms with van der Waals surface area (Å²) in [6.45, 7) is 1.15. The molecular formula is C5H4F3N5O. The van der Waals surface area contributed by atoms with Crippen molar-refractivity contribution in [2.45, 2.75) is 13.1 Å². The van der Waals surface area contributed by atoms with Crippen molar-refractivity contribution in [1.29, 1.82) is 0 Å². The highest BCUT2D eigenvalue weighted by Gasteiger charge is 2.35. The molecule has 0 unspecified atom stereocenters. The van der Waals surface area contributed by atoms with Crippen LogP contribution < -0.4 is 5.32 Å². The van der Waals surface area contributed by atoms with Crippen LogP contribution in [-0.2, 0) is 11.0 Å². The number of nitrogens with one attached hydrogen (secondary N) is 1. The average molecular weight is 207 g/mol. The van der Waals surface area contributed by atoms with E-state index in [9.17, 15) is 18.0 Å². The molecule has 0 atom stereocenters. The third kappa shape index (κ3) is 2.61. The predicted octanol–water partition coefficient (Wildman–Crippen LogP) is 0.244. The minimum absolute atomic E-state index is 0.370. The largest absolute Gasteiger partial charge is 0.455 e. The topological polar surface area (TPSA) is 80.7 Å². The molecule has 0 aromatic carbocycles. The van der Waals surface area contributed by atoms with Crippen molar-refractivity contribution in [2.24, 2.45) is 0 Å². The van der Waals surface area contributed by atoms with Crippen LogP contribution in [0.4, 0.5) is 19.1 Å². The zero-order valence-corrected chi connectivity index (χ0v) is 6.83. The molecule has 1 aromatic rings. The van der Waals surface area contributed by atoms with Gasteiger partial charge in [-0.2, -0.15) is 13.2 Å². The Kier molecular flexibility index (Phi) is 2.58. The standard InChI is InChI=1S/C5H4F3N5O/c1-2(14)9-4-12-10-3(11-13-4)5(6,7)8/h1H3,(H,9,12,13,14). The van der Waals surface area contributed by atoms with Gasteiger partial charge >= 0.3 is 6.18 Å². The normalized spacial score (nSPS) is 11.1. The number of carbonyl (C=O) groups excluding carboxylic acids is 1. The van der Waals surface area contributed by atoms with E-state index < -0.39 is 17.9 Å². The van der Waals surface area contributed by atoms with Gasteiger partial charge in [-0.05, 0) is 0 Å². The van der Waals surface area contributed by atoms with Gasteiger partial charge in [0.1, 0.15) is 0 Å². The first-order valence-electron chi connectivity index (χ1n) is 3.32. The summed E-state index contributed by atoms with van der Waals surface area (Å²) >= 11 is 0. The van der Waals surface area contributed by atoms with Gasteiger partial charge in [0.2, 0.25) is 5.91 Å². The molecule has 0 aliphatic heterocycles. The van der Waals surface area contributed by atoms with Gasteiger partial charge in [-0.15, -0.1) is 20.4 Å². The van der Waals surface area contributed by atoms with E-state index in [0.29, 0.717) is 0 Å². The van der Waals surface area contributed by atoms with Gasteiger partial charge in [0, 0.05) is 6.92 Å². The lowest BCUT2D eigenvalue weighted by atomic mass is 10.6. The Bertz CT molecular complexity index is 334. The number of nitrogens with zero attached hydrogens (tertiary/aromatic N) is 4. The molecule has 6 nitrogen and oxygen atoms in total. The number of hydrogen-bond donors (Lipinski definition) is 1. The predicted molar refractivity (Wildman–Crippen MR) is 36.9 cm³/mol. The Hall–Kier alpha value is -1.80. The molecular weight excluding hydrogens is 203 g/mol. The molecule has 1 rings (SSSR count). The second kappa shape index (κ2) is 3.52. The number of aromatic nitrogens is 4. The Labute approximate surface area is 75.5 Å². The summed E-state index contributed by atoms with van der Waals surface area (Å²) in [6, 6.07) is 0. The van der Waals surface area contributed by atoms with E-state index in [4.69, 9.17) is 0 Å². The summed E-state index contributed by atoms with van der Waals surface area (Å²) in [4.78, 5) is 10.4. The van der Waals surface area contributed by atoms with Gasteiger partial charge in [0.05, 0.1) is 0 Å². The van der Waals surface area contributed by atoms with E-state index in [-0.39, 0.29) is 5.95 Å². The molecule has 76 valence electrons. The molecule has 0 fully saturated rings. The van der Waals surface area contributed by atoms with E-state index in [2.05, 4.69) is 20.4 Å². The lowest BCUT2D eigenvalue weighted by Gasteiger charge is -2.02. The van der Waals surface area contributed by atoms with Gasteiger partial charge < -0.3 is 0 Å². The number of alkyl halides is 3. The summed E-state index contributed by atoms with van der Waals surface area (Å²) in [5.41, 5.74) is 0. The monoisotopic (exact) mass is 207 g/mol. The van der Waals surface area contributed by atoms with Gasteiger partial charge in [-0.25, -0.2) is 0 Å². The first-order chi connectivity index (χ1) is 6.39. The molecule has 0 aliphatic rings. The molecule has 9 heteroatoms. The number of amides is 1. The van der Waals surface area contributed by atoms with E-state index >= 15 is 0 Å². The molecule has 1 heterocycles. The van der Waals surface area contributed by atoms with Crippen LogP contribution in [0.15, 0.2) is 0 Å². The first kappa shape index (κ1) is 10.3. The van der Waals surface area contributed by atoms with Crippen molar-refractivity contribution in [1.82, 2.24) is 20.4 Å². The fourth-order valence-electron chi connectivity index (χ4n) is 0.550. The molecule has 14 heavy (non-hydrogen) atoms. The molecule has 0 saturated carbocycles. The lowest BCUT2D eigenvalue weighted by molar-refractivity contribution is -0.146.